The maximum Gasteiger partial charge on any atom is 0.353 e. The third-order valence-corrected chi connectivity index (χ3v) is 7.20. The molecule has 0 spiro atoms. The van der Waals surface area contributed by atoms with E-state index in [4.69, 9.17) is 0 Å². The molecule has 0 aromatic heterocycles. The van der Waals surface area contributed by atoms with Gasteiger partial charge in [-0.05, 0) is 26.7 Å². The first kappa shape index (κ1) is 20.2. The minimum atomic E-state index is -1.10. The third kappa shape index (κ3) is 3.48. The van der Waals surface area contributed by atoms with Crippen LogP contribution in [-0.4, -0.2) is 69.4 Å². The molecule has 3 rings (SSSR count). The fourth-order valence-electron chi connectivity index (χ4n) is 4.31. The number of hydrogen-bond acceptors (Lipinski definition) is 6. The zero-order valence-electron chi connectivity index (χ0n) is 15.8. The number of piperidine rings is 1. The number of rotatable bonds is 6. The largest absolute Gasteiger partial charge is 0.477 e. The lowest BCUT2D eigenvalue weighted by Crippen LogP contribution is -2.63. The topological polar surface area (TPSA) is 119 Å². The Labute approximate surface area is 162 Å². The minimum absolute atomic E-state index is 0.00449. The molecular formula is C18H27N3O5S. The summed E-state index contributed by atoms with van der Waals surface area (Å²) in [7, 11) is 0. The summed E-state index contributed by atoms with van der Waals surface area (Å²) in [5, 5.41) is 25.8. The Bertz CT molecular complexity index is 672. The SMILES string of the molecule is CCNC(=O)[C@@H]1CC[C@H](SC2=C(C(=O)O)N3C(=O)[C@H]([C@@H](C)O)[C@H]3[C@H]2C)CN1. The number of thioether (sulfide) groups is 1. The molecule has 2 saturated heterocycles. The smallest absolute Gasteiger partial charge is 0.353 e. The van der Waals surface area contributed by atoms with Gasteiger partial charge in [-0.1, -0.05) is 6.92 Å². The number of carboxylic acid groups (broad SMARTS) is 1. The van der Waals surface area contributed by atoms with E-state index in [9.17, 15) is 24.6 Å². The first-order chi connectivity index (χ1) is 12.8. The van der Waals surface area contributed by atoms with E-state index in [0.29, 0.717) is 24.4 Å². The van der Waals surface area contributed by atoms with Gasteiger partial charge >= 0.3 is 5.97 Å². The normalized spacial score (nSPS) is 34.1. The first-order valence-corrected chi connectivity index (χ1v) is 10.3. The number of amides is 2. The van der Waals surface area contributed by atoms with Crippen LogP contribution in [0.15, 0.2) is 10.6 Å². The Balaban J connectivity index is 1.70. The lowest BCUT2D eigenvalue weighted by molar-refractivity contribution is -0.163. The summed E-state index contributed by atoms with van der Waals surface area (Å²) < 4.78 is 0. The number of fused-ring (bicyclic) bond motifs is 1. The van der Waals surface area contributed by atoms with E-state index in [-0.39, 0.29) is 40.8 Å². The fourth-order valence-corrected chi connectivity index (χ4v) is 5.75. The molecule has 6 atom stereocenters. The molecule has 3 heterocycles. The number of likely N-dealkylation sites (N-methyl/N-ethyl adjacent to an activating group) is 1. The maximum absolute atomic E-state index is 12.4. The molecule has 0 aliphatic carbocycles. The number of aliphatic hydroxyl groups is 1. The average molecular weight is 397 g/mol. The van der Waals surface area contributed by atoms with Crippen molar-refractivity contribution in [1.82, 2.24) is 15.5 Å². The van der Waals surface area contributed by atoms with Crippen LogP contribution in [0.5, 0.6) is 0 Å². The van der Waals surface area contributed by atoms with Gasteiger partial charge in [-0.25, -0.2) is 4.79 Å². The van der Waals surface area contributed by atoms with Crippen molar-refractivity contribution in [2.24, 2.45) is 11.8 Å². The molecule has 2 fully saturated rings. The van der Waals surface area contributed by atoms with Crippen LogP contribution in [0.4, 0.5) is 0 Å². The number of nitrogens with zero attached hydrogens (tertiary/aromatic N) is 1. The van der Waals surface area contributed by atoms with Crippen LogP contribution in [0.3, 0.4) is 0 Å². The fraction of sp³-hybridized carbons (Fsp3) is 0.722. The van der Waals surface area contributed by atoms with E-state index < -0.39 is 18.0 Å². The Hall–Kier alpha value is -1.58. The van der Waals surface area contributed by atoms with Crippen LogP contribution in [0, 0.1) is 11.8 Å². The van der Waals surface area contributed by atoms with Crippen LogP contribution < -0.4 is 10.6 Å². The van der Waals surface area contributed by atoms with Gasteiger partial charge in [0.1, 0.15) is 5.70 Å². The zero-order chi connectivity index (χ0) is 19.9. The highest BCUT2D eigenvalue weighted by atomic mass is 32.2. The van der Waals surface area contributed by atoms with Crippen molar-refractivity contribution in [1.29, 1.82) is 0 Å². The van der Waals surface area contributed by atoms with E-state index in [1.54, 1.807) is 6.92 Å². The number of carboxylic acids is 1. The van der Waals surface area contributed by atoms with Crippen LogP contribution in [0.1, 0.15) is 33.6 Å². The lowest BCUT2D eigenvalue weighted by atomic mass is 9.79. The van der Waals surface area contributed by atoms with Gasteiger partial charge in [0.15, 0.2) is 0 Å². The molecule has 0 saturated carbocycles. The second-order valence-electron chi connectivity index (χ2n) is 7.44. The van der Waals surface area contributed by atoms with Crippen molar-refractivity contribution < 1.29 is 24.6 Å². The third-order valence-electron chi connectivity index (χ3n) is 5.64. The molecule has 3 aliphatic heterocycles. The van der Waals surface area contributed by atoms with Crippen molar-refractivity contribution in [3.63, 3.8) is 0 Å². The average Bonchev–Trinajstić information content (AvgIpc) is 2.85. The highest BCUT2D eigenvalue weighted by Gasteiger charge is 2.60. The second kappa shape index (κ2) is 7.81. The van der Waals surface area contributed by atoms with E-state index in [1.165, 1.54) is 16.7 Å². The van der Waals surface area contributed by atoms with Gasteiger partial charge in [-0.2, -0.15) is 0 Å². The Kier molecular flexibility index (Phi) is 5.83. The number of carbonyl (C=O) groups excluding carboxylic acids is 2. The van der Waals surface area contributed by atoms with Crippen LogP contribution in [-0.2, 0) is 14.4 Å². The molecule has 27 heavy (non-hydrogen) atoms. The quantitative estimate of drug-likeness (QED) is 0.470. The molecule has 150 valence electrons. The molecule has 4 N–H and O–H groups in total. The summed E-state index contributed by atoms with van der Waals surface area (Å²) in [5.74, 6) is -2.09. The number of β-lactam (4-membered cyclic amide) rings is 1. The van der Waals surface area contributed by atoms with Crippen molar-refractivity contribution in [2.75, 3.05) is 13.1 Å². The highest BCUT2D eigenvalue weighted by Crippen LogP contribution is 2.51. The van der Waals surface area contributed by atoms with E-state index in [1.807, 2.05) is 13.8 Å². The standard InChI is InChI=1S/C18H27N3O5S/c1-4-19-16(23)11-6-5-10(7-20-11)27-15-8(2)13-12(9(3)22)17(24)21(13)14(15)18(25)26/h8-13,20,22H,4-7H2,1-3H3,(H,19,23)(H,25,26)/t8-,9-,10+,11+,12-,13-/m1/s1. The number of carbonyl (C=O) groups is 3. The second-order valence-corrected chi connectivity index (χ2v) is 8.79. The number of hydrogen-bond donors (Lipinski definition) is 4. The number of aliphatic carboxylic acids is 1. The molecule has 9 heteroatoms. The van der Waals surface area contributed by atoms with Crippen LogP contribution in [0.2, 0.25) is 0 Å². The predicted molar refractivity (Wildman–Crippen MR) is 101 cm³/mol. The number of aliphatic hydroxyl groups excluding tert-OH is 1. The van der Waals surface area contributed by atoms with Gasteiger partial charge in [-0.3, -0.25) is 9.59 Å². The highest BCUT2D eigenvalue weighted by molar-refractivity contribution is 8.03. The summed E-state index contributed by atoms with van der Waals surface area (Å²) in [4.78, 5) is 38.2. The molecule has 0 aromatic carbocycles. The Morgan fingerprint density at radius 3 is 2.63 bits per heavy atom. The molecule has 3 aliphatic rings. The van der Waals surface area contributed by atoms with Gasteiger partial charge in [-0.15, -0.1) is 11.8 Å². The molecule has 0 unspecified atom stereocenters. The molecule has 0 radical (unpaired) electrons. The van der Waals surface area contributed by atoms with Gasteiger partial charge in [0.25, 0.3) is 0 Å². The lowest BCUT2D eigenvalue weighted by Gasteiger charge is -2.46. The predicted octanol–water partition coefficient (Wildman–Crippen LogP) is 0.130. The molecule has 8 nitrogen and oxygen atoms in total. The summed E-state index contributed by atoms with van der Waals surface area (Å²) in [6.45, 7) is 6.58. The van der Waals surface area contributed by atoms with Crippen LogP contribution >= 0.6 is 11.8 Å². The monoisotopic (exact) mass is 397 g/mol. The van der Waals surface area contributed by atoms with Crippen LogP contribution in [0.25, 0.3) is 0 Å². The van der Waals surface area contributed by atoms with Gasteiger partial charge in [0, 0.05) is 29.2 Å². The summed E-state index contributed by atoms with van der Waals surface area (Å²) >= 11 is 1.49. The summed E-state index contributed by atoms with van der Waals surface area (Å²) in [6.07, 6.45) is 0.687. The van der Waals surface area contributed by atoms with Gasteiger partial charge < -0.3 is 25.7 Å². The Morgan fingerprint density at radius 1 is 1.41 bits per heavy atom. The minimum Gasteiger partial charge on any atom is -0.477 e. The Morgan fingerprint density at radius 2 is 2.11 bits per heavy atom. The molecule has 0 bridgehead atoms. The molecule has 2 amide bonds. The van der Waals surface area contributed by atoms with E-state index >= 15 is 0 Å². The van der Waals surface area contributed by atoms with Crippen molar-refractivity contribution in [2.45, 2.75) is 57.1 Å². The van der Waals surface area contributed by atoms with Crippen molar-refractivity contribution >= 4 is 29.5 Å². The van der Waals surface area contributed by atoms with Gasteiger partial charge in [0.05, 0.1) is 24.1 Å². The van der Waals surface area contributed by atoms with E-state index in [2.05, 4.69) is 10.6 Å². The number of nitrogens with one attached hydrogen (secondary N) is 2. The summed E-state index contributed by atoms with van der Waals surface area (Å²) in [6, 6.07) is -0.498. The first-order valence-electron chi connectivity index (χ1n) is 9.44. The van der Waals surface area contributed by atoms with E-state index in [0.717, 1.165) is 6.42 Å². The van der Waals surface area contributed by atoms with Gasteiger partial charge in [0.2, 0.25) is 11.8 Å². The van der Waals surface area contributed by atoms with Crippen molar-refractivity contribution in [3.05, 3.63) is 10.6 Å². The molecular weight excluding hydrogens is 370 g/mol. The zero-order valence-corrected chi connectivity index (χ0v) is 16.6. The molecule has 0 aromatic rings. The maximum atomic E-state index is 12.4. The van der Waals surface area contributed by atoms with Crippen molar-refractivity contribution in [3.8, 4) is 0 Å². The summed E-state index contributed by atoms with van der Waals surface area (Å²) in [5.41, 5.74) is 0.0604.